The molecule has 18 heavy (non-hydrogen) atoms. The topological polar surface area (TPSA) is 61.0 Å². The van der Waals surface area contributed by atoms with Crippen LogP contribution in [-0.4, -0.2) is 16.6 Å². The molecular formula is C13H14ClN3O. The number of hydrogen-bond donors (Lipinski definition) is 1. The Balaban J connectivity index is 2.24. The molecule has 0 aromatic carbocycles. The Morgan fingerprint density at radius 1 is 1.33 bits per heavy atom. The second kappa shape index (κ2) is 5.80. The van der Waals surface area contributed by atoms with E-state index in [0.29, 0.717) is 17.4 Å². The highest BCUT2D eigenvalue weighted by atomic mass is 35.5. The van der Waals surface area contributed by atoms with Crippen LogP contribution in [0.4, 0.5) is 0 Å². The molecule has 5 heteroatoms. The number of rotatable bonds is 4. The van der Waals surface area contributed by atoms with E-state index in [1.165, 1.54) is 0 Å². The van der Waals surface area contributed by atoms with E-state index >= 15 is 0 Å². The molecular weight excluding hydrogens is 250 g/mol. The molecule has 0 fully saturated rings. The molecule has 0 spiro atoms. The van der Waals surface area contributed by atoms with Crippen LogP contribution >= 0.6 is 11.6 Å². The van der Waals surface area contributed by atoms with E-state index in [9.17, 15) is 0 Å². The summed E-state index contributed by atoms with van der Waals surface area (Å²) in [6.07, 6.45) is 4.95. The van der Waals surface area contributed by atoms with Crippen molar-refractivity contribution < 1.29 is 4.74 Å². The summed E-state index contributed by atoms with van der Waals surface area (Å²) in [5, 5.41) is 0.590. The normalized spacial score (nSPS) is 12.2. The summed E-state index contributed by atoms with van der Waals surface area (Å²) in [5.74, 6) is 0.708. The Labute approximate surface area is 111 Å². The first-order valence-electron chi connectivity index (χ1n) is 5.65. The van der Waals surface area contributed by atoms with E-state index in [1.807, 2.05) is 13.0 Å². The predicted octanol–water partition coefficient (Wildman–Crippen LogP) is 2.58. The van der Waals surface area contributed by atoms with Crippen LogP contribution < -0.4 is 10.5 Å². The van der Waals surface area contributed by atoms with E-state index in [4.69, 9.17) is 22.1 Å². The van der Waals surface area contributed by atoms with E-state index < -0.39 is 0 Å². The van der Waals surface area contributed by atoms with Gasteiger partial charge in [-0.3, -0.25) is 9.97 Å². The lowest BCUT2D eigenvalue weighted by Gasteiger charge is -2.12. The van der Waals surface area contributed by atoms with E-state index in [0.717, 1.165) is 11.3 Å². The van der Waals surface area contributed by atoms with Gasteiger partial charge in [0.1, 0.15) is 5.75 Å². The third kappa shape index (κ3) is 2.97. The summed E-state index contributed by atoms with van der Waals surface area (Å²) in [5.41, 5.74) is 7.73. The lowest BCUT2D eigenvalue weighted by atomic mass is 10.1. The first kappa shape index (κ1) is 12.8. The number of hydrogen-bond acceptors (Lipinski definition) is 4. The van der Waals surface area contributed by atoms with Gasteiger partial charge in [-0.25, -0.2) is 0 Å². The highest BCUT2D eigenvalue weighted by Crippen LogP contribution is 2.21. The van der Waals surface area contributed by atoms with Crippen LogP contribution in [0.15, 0.2) is 36.8 Å². The Morgan fingerprint density at radius 3 is 2.83 bits per heavy atom. The quantitative estimate of drug-likeness (QED) is 0.921. The van der Waals surface area contributed by atoms with Gasteiger partial charge in [-0.2, -0.15) is 0 Å². The molecule has 0 aliphatic carbocycles. The molecule has 2 rings (SSSR count). The number of ether oxygens (including phenoxy) is 1. The van der Waals surface area contributed by atoms with Crippen molar-refractivity contribution in [1.29, 1.82) is 0 Å². The largest absolute Gasteiger partial charge is 0.492 e. The Kier molecular flexibility index (Phi) is 4.12. The minimum atomic E-state index is -0.338. The van der Waals surface area contributed by atoms with Crippen LogP contribution in [0, 0.1) is 0 Å². The molecule has 4 nitrogen and oxygen atoms in total. The highest BCUT2D eigenvalue weighted by molar-refractivity contribution is 6.30. The molecule has 0 bridgehead atoms. The van der Waals surface area contributed by atoms with Crippen LogP contribution in [0.25, 0.3) is 0 Å². The predicted molar refractivity (Wildman–Crippen MR) is 70.7 cm³/mol. The van der Waals surface area contributed by atoms with E-state index in [1.54, 1.807) is 30.7 Å². The van der Waals surface area contributed by atoms with Crippen molar-refractivity contribution in [2.24, 2.45) is 5.73 Å². The fraction of sp³-hybridized carbons (Fsp3) is 0.231. The van der Waals surface area contributed by atoms with Crippen molar-refractivity contribution >= 4 is 11.6 Å². The third-order valence-electron chi connectivity index (χ3n) is 2.47. The van der Waals surface area contributed by atoms with Gasteiger partial charge in [0.05, 0.1) is 29.6 Å². The average Bonchev–Trinajstić information content (AvgIpc) is 2.39. The zero-order valence-corrected chi connectivity index (χ0v) is 10.8. The first-order valence-corrected chi connectivity index (χ1v) is 6.03. The number of aromatic nitrogens is 2. The van der Waals surface area contributed by atoms with Crippen molar-refractivity contribution in [3.63, 3.8) is 0 Å². The number of halogens is 1. The molecule has 0 saturated carbocycles. The number of nitrogens with two attached hydrogens (primary N) is 1. The van der Waals surface area contributed by atoms with Gasteiger partial charge in [0.15, 0.2) is 0 Å². The van der Waals surface area contributed by atoms with Gasteiger partial charge in [-0.15, -0.1) is 0 Å². The second-order valence-corrected chi connectivity index (χ2v) is 4.20. The Hall–Kier alpha value is -1.65. The zero-order chi connectivity index (χ0) is 13.0. The van der Waals surface area contributed by atoms with Gasteiger partial charge in [0, 0.05) is 12.4 Å². The van der Waals surface area contributed by atoms with Gasteiger partial charge >= 0.3 is 0 Å². The van der Waals surface area contributed by atoms with Gasteiger partial charge in [0.25, 0.3) is 0 Å². The molecule has 2 heterocycles. The van der Waals surface area contributed by atoms with Crippen molar-refractivity contribution in [2.75, 3.05) is 6.61 Å². The van der Waals surface area contributed by atoms with E-state index in [2.05, 4.69) is 9.97 Å². The van der Waals surface area contributed by atoms with Crippen LogP contribution in [0.1, 0.15) is 24.2 Å². The van der Waals surface area contributed by atoms with Gasteiger partial charge in [-0.1, -0.05) is 11.6 Å². The minimum Gasteiger partial charge on any atom is -0.492 e. The zero-order valence-electron chi connectivity index (χ0n) is 10.0. The van der Waals surface area contributed by atoms with Gasteiger partial charge in [-0.05, 0) is 30.7 Å². The van der Waals surface area contributed by atoms with Crippen molar-refractivity contribution in [2.45, 2.75) is 13.0 Å². The lowest BCUT2D eigenvalue weighted by Crippen LogP contribution is -2.13. The monoisotopic (exact) mass is 263 g/mol. The second-order valence-electron chi connectivity index (χ2n) is 3.77. The van der Waals surface area contributed by atoms with Crippen LogP contribution in [0.3, 0.4) is 0 Å². The standard InChI is InChI=1S/C13H14ClN3O/c1-2-18-11-5-9(6-16-8-11)13(15)12-4-3-10(14)7-17-12/h3-8,13H,2,15H2,1H3. The molecule has 0 radical (unpaired) electrons. The molecule has 0 amide bonds. The summed E-state index contributed by atoms with van der Waals surface area (Å²) in [4.78, 5) is 8.31. The maximum absolute atomic E-state index is 6.13. The lowest BCUT2D eigenvalue weighted by molar-refractivity contribution is 0.338. The molecule has 2 aromatic rings. The Bertz CT molecular complexity index is 516. The molecule has 0 aliphatic heterocycles. The van der Waals surface area contributed by atoms with Crippen LogP contribution in [0.2, 0.25) is 5.02 Å². The smallest absolute Gasteiger partial charge is 0.137 e. The summed E-state index contributed by atoms with van der Waals surface area (Å²) in [6, 6.07) is 5.11. The average molecular weight is 264 g/mol. The fourth-order valence-corrected chi connectivity index (χ4v) is 1.71. The molecule has 0 saturated heterocycles. The van der Waals surface area contributed by atoms with Crippen LogP contribution in [-0.2, 0) is 0 Å². The summed E-state index contributed by atoms with van der Waals surface area (Å²) in [7, 11) is 0. The first-order chi connectivity index (χ1) is 8.70. The molecule has 94 valence electrons. The van der Waals surface area contributed by atoms with Gasteiger partial charge in [0.2, 0.25) is 0 Å². The number of pyridine rings is 2. The Morgan fingerprint density at radius 2 is 2.17 bits per heavy atom. The number of nitrogens with zero attached hydrogens (tertiary/aromatic N) is 2. The van der Waals surface area contributed by atoms with Crippen molar-refractivity contribution in [1.82, 2.24) is 9.97 Å². The maximum Gasteiger partial charge on any atom is 0.137 e. The van der Waals surface area contributed by atoms with Crippen LogP contribution in [0.5, 0.6) is 5.75 Å². The molecule has 1 atom stereocenters. The molecule has 2 N–H and O–H groups in total. The molecule has 2 aromatic heterocycles. The minimum absolute atomic E-state index is 0.338. The van der Waals surface area contributed by atoms with E-state index in [-0.39, 0.29) is 6.04 Å². The summed E-state index contributed by atoms with van der Waals surface area (Å²) < 4.78 is 5.39. The van der Waals surface area contributed by atoms with Crippen molar-refractivity contribution in [3.8, 4) is 5.75 Å². The molecule has 0 aliphatic rings. The summed E-state index contributed by atoms with van der Waals surface area (Å²) >= 11 is 5.79. The summed E-state index contributed by atoms with van der Waals surface area (Å²) in [6.45, 7) is 2.52. The highest BCUT2D eigenvalue weighted by Gasteiger charge is 2.11. The SMILES string of the molecule is CCOc1cncc(C(N)c2ccc(Cl)cn2)c1. The fourth-order valence-electron chi connectivity index (χ4n) is 1.59. The maximum atomic E-state index is 6.13. The molecule has 1 unspecified atom stereocenters. The van der Waals surface area contributed by atoms with Crippen molar-refractivity contribution in [3.05, 3.63) is 53.1 Å². The van der Waals surface area contributed by atoms with Gasteiger partial charge < -0.3 is 10.5 Å². The third-order valence-corrected chi connectivity index (χ3v) is 2.70.